The van der Waals surface area contributed by atoms with E-state index < -0.39 is 0 Å². The smallest absolute Gasteiger partial charge is 0.178 e. The van der Waals surface area contributed by atoms with Crippen LogP contribution in [0.25, 0.3) is 0 Å². The van der Waals surface area contributed by atoms with Crippen LogP contribution < -0.4 is 0 Å². The molecule has 0 fully saturated rings. The Hall–Kier alpha value is -1.99. The monoisotopic (exact) mass is 323 g/mol. The Kier molecular flexibility index (Phi) is 11.5. The lowest BCUT2D eigenvalue weighted by Gasteiger charge is -2.08. The number of aromatic nitrogens is 1. The lowest BCUT2D eigenvalue weighted by molar-refractivity contribution is 0.0428. The number of hydrogen-bond donors (Lipinski definition) is 3. The van der Waals surface area contributed by atoms with Crippen LogP contribution in [-0.2, 0) is 4.74 Å². The summed E-state index contributed by atoms with van der Waals surface area (Å²) in [7, 11) is 5.38. The van der Waals surface area contributed by atoms with Gasteiger partial charge in [0.1, 0.15) is 6.34 Å². The van der Waals surface area contributed by atoms with Crippen LogP contribution in [-0.4, -0.2) is 67.4 Å². The van der Waals surface area contributed by atoms with Gasteiger partial charge < -0.3 is 19.7 Å². The zero-order chi connectivity index (χ0) is 17.7. The first-order valence-corrected chi connectivity index (χ1v) is 7.55. The van der Waals surface area contributed by atoms with Crippen molar-refractivity contribution in [1.29, 1.82) is 5.41 Å². The van der Waals surface area contributed by atoms with Crippen molar-refractivity contribution in [3.63, 3.8) is 0 Å². The number of aliphatic hydroxyl groups is 1. The maximum Gasteiger partial charge on any atom is 0.178 e. The third-order valence-electron chi connectivity index (χ3n) is 2.82. The molecule has 0 saturated heterocycles. The minimum atomic E-state index is 0.0556. The number of nitrogens with zero attached hydrogens (tertiary/aromatic N) is 3. The van der Waals surface area contributed by atoms with E-state index in [2.05, 4.69) is 21.9 Å². The van der Waals surface area contributed by atoms with E-state index in [1.807, 2.05) is 38.1 Å². The molecule has 0 amide bonds. The summed E-state index contributed by atoms with van der Waals surface area (Å²) in [5.41, 5.74) is 1.86. The number of amidine groups is 1. The molecule has 0 bridgehead atoms. The average Bonchev–Trinajstić information content (AvgIpc) is 2.96. The second-order valence-corrected chi connectivity index (χ2v) is 5.17. The highest BCUT2D eigenvalue weighted by Gasteiger charge is 2.02. The van der Waals surface area contributed by atoms with Crippen molar-refractivity contribution in [3.05, 3.63) is 23.5 Å². The zero-order valence-corrected chi connectivity index (χ0v) is 14.7. The molecule has 1 atom stereocenters. The van der Waals surface area contributed by atoms with Crippen LogP contribution in [0.2, 0.25) is 0 Å². The fourth-order valence-corrected chi connectivity index (χ4v) is 1.64. The first-order chi connectivity index (χ1) is 11.0. The Balaban J connectivity index is 0.000000515. The zero-order valence-electron chi connectivity index (χ0n) is 14.7. The number of hydrogen-bond acceptors (Lipinski definition) is 3. The second kappa shape index (κ2) is 12.5. The number of aryl methyl sites for hydroxylation is 1. The molecule has 7 heteroatoms. The summed E-state index contributed by atoms with van der Waals surface area (Å²) in [5, 5.41) is 15.5. The lowest BCUT2D eigenvalue weighted by Crippen LogP contribution is -2.14. The van der Waals surface area contributed by atoms with Gasteiger partial charge in [-0.25, -0.2) is 9.98 Å². The minimum absolute atomic E-state index is 0.0556. The quantitative estimate of drug-likeness (QED) is 0.529. The number of aliphatic hydroxyl groups excluding tert-OH is 1. The van der Waals surface area contributed by atoms with Crippen LogP contribution in [0.3, 0.4) is 0 Å². The minimum Gasteiger partial charge on any atom is -0.394 e. The van der Waals surface area contributed by atoms with Crippen molar-refractivity contribution in [2.75, 3.05) is 27.8 Å². The van der Waals surface area contributed by atoms with Crippen molar-refractivity contribution in [2.24, 2.45) is 9.98 Å². The Labute approximate surface area is 138 Å². The van der Waals surface area contributed by atoms with Gasteiger partial charge in [-0.3, -0.25) is 5.41 Å². The fourth-order valence-electron chi connectivity index (χ4n) is 1.64. The predicted octanol–water partition coefficient (Wildman–Crippen LogP) is 2.06. The normalized spacial score (nSPS) is 12.7. The maximum absolute atomic E-state index is 8.53. The number of ether oxygens (including phenoxy) is 1. The van der Waals surface area contributed by atoms with Crippen LogP contribution in [0.1, 0.15) is 31.2 Å². The third-order valence-corrected chi connectivity index (χ3v) is 2.82. The van der Waals surface area contributed by atoms with Crippen molar-refractivity contribution < 1.29 is 9.84 Å². The van der Waals surface area contributed by atoms with Gasteiger partial charge in [-0.15, -0.1) is 0 Å². The number of nitrogens with one attached hydrogen (secondary N) is 2. The fraction of sp³-hybridized carbons (Fsp3) is 0.562. The first kappa shape index (κ1) is 21.0. The Morgan fingerprint density at radius 1 is 1.48 bits per heavy atom. The highest BCUT2D eigenvalue weighted by molar-refractivity contribution is 6.04. The molecule has 1 aromatic rings. The van der Waals surface area contributed by atoms with Crippen LogP contribution in [0.5, 0.6) is 0 Å². The molecule has 0 aliphatic rings. The Morgan fingerprint density at radius 3 is 2.52 bits per heavy atom. The summed E-state index contributed by atoms with van der Waals surface area (Å²) in [6, 6.07) is 3.84. The molecule has 1 unspecified atom stereocenters. The van der Waals surface area contributed by atoms with Gasteiger partial charge in [0.2, 0.25) is 0 Å². The summed E-state index contributed by atoms with van der Waals surface area (Å²) in [6.45, 7) is 4.17. The highest BCUT2D eigenvalue weighted by Crippen LogP contribution is 2.03. The molecule has 1 rings (SSSR count). The second-order valence-electron chi connectivity index (χ2n) is 5.17. The van der Waals surface area contributed by atoms with E-state index >= 15 is 0 Å². The molecule has 1 aromatic heterocycles. The van der Waals surface area contributed by atoms with Gasteiger partial charge in [-0.05, 0) is 25.5 Å². The molecular formula is C16H29N5O2. The van der Waals surface area contributed by atoms with Gasteiger partial charge >= 0.3 is 0 Å². The summed E-state index contributed by atoms with van der Waals surface area (Å²) in [4.78, 5) is 13.0. The third kappa shape index (κ3) is 9.59. The van der Waals surface area contributed by atoms with E-state index in [1.165, 1.54) is 0 Å². The van der Waals surface area contributed by atoms with E-state index in [4.69, 9.17) is 15.3 Å². The molecule has 1 heterocycles. The largest absolute Gasteiger partial charge is 0.394 e. The summed E-state index contributed by atoms with van der Waals surface area (Å²) in [6.07, 6.45) is 4.71. The van der Waals surface area contributed by atoms with Gasteiger partial charge in [0.15, 0.2) is 5.84 Å². The number of aromatic amines is 1. The van der Waals surface area contributed by atoms with E-state index in [9.17, 15) is 0 Å². The standard InChI is InChI=1S/C10H15N5.C6H14O2/c1-8-4-5-9(14-8)10(12-6-11)13-7-15(2)3;1-3-4-6(5-7)8-2/h4-7,11,14H,1-3H3;6-7H,3-5H2,1-2H3. The van der Waals surface area contributed by atoms with Crippen molar-refractivity contribution in [1.82, 2.24) is 9.88 Å². The average molecular weight is 323 g/mol. The van der Waals surface area contributed by atoms with Crippen molar-refractivity contribution in [3.8, 4) is 0 Å². The molecular weight excluding hydrogens is 294 g/mol. The van der Waals surface area contributed by atoms with E-state index in [0.29, 0.717) is 5.84 Å². The van der Waals surface area contributed by atoms with E-state index in [1.54, 1.807) is 13.4 Å². The molecule has 0 aromatic carbocycles. The van der Waals surface area contributed by atoms with E-state index in [-0.39, 0.29) is 12.7 Å². The maximum atomic E-state index is 8.53. The predicted molar refractivity (Wildman–Crippen MR) is 95.8 cm³/mol. The molecule has 7 nitrogen and oxygen atoms in total. The van der Waals surface area contributed by atoms with Crippen LogP contribution >= 0.6 is 0 Å². The van der Waals surface area contributed by atoms with Gasteiger partial charge in [0, 0.05) is 26.9 Å². The van der Waals surface area contributed by atoms with Crippen molar-refractivity contribution in [2.45, 2.75) is 32.8 Å². The molecule has 23 heavy (non-hydrogen) atoms. The van der Waals surface area contributed by atoms with Crippen molar-refractivity contribution >= 4 is 18.5 Å². The number of H-pyrrole nitrogens is 1. The first-order valence-electron chi connectivity index (χ1n) is 7.55. The van der Waals surface area contributed by atoms with Crippen LogP contribution in [0.15, 0.2) is 22.1 Å². The molecule has 0 radical (unpaired) electrons. The summed E-state index contributed by atoms with van der Waals surface area (Å²) < 4.78 is 4.89. The Bertz CT molecular complexity index is 490. The summed E-state index contributed by atoms with van der Waals surface area (Å²) >= 11 is 0. The van der Waals surface area contributed by atoms with Gasteiger partial charge in [-0.2, -0.15) is 0 Å². The highest BCUT2D eigenvalue weighted by atomic mass is 16.5. The number of aliphatic imine (C=N–C) groups is 2. The lowest BCUT2D eigenvalue weighted by atomic mass is 10.2. The molecule has 0 saturated carbocycles. The molecule has 0 aliphatic carbocycles. The summed E-state index contributed by atoms with van der Waals surface area (Å²) in [5.74, 6) is 0.506. The topological polar surface area (TPSA) is 97.1 Å². The molecule has 130 valence electrons. The molecule has 0 spiro atoms. The number of rotatable bonds is 7. The van der Waals surface area contributed by atoms with Crippen LogP contribution in [0.4, 0.5) is 0 Å². The van der Waals surface area contributed by atoms with Crippen LogP contribution in [0, 0.1) is 12.3 Å². The van der Waals surface area contributed by atoms with Gasteiger partial charge in [0.25, 0.3) is 0 Å². The molecule has 3 N–H and O–H groups in total. The molecule has 0 aliphatic heterocycles. The van der Waals surface area contributed by atoms with Gasteiger partial charge in [-0.1, -0.05) is 13.3 Å². The van der Waals surface area contributed by atoms with E-state index in [0.717, 1.165) is 30.6 Å². The Morgan fingerprint density at radius 2 is 2.17 bits per heavy atom. The van der Waals surface area contributed by atoms with Gasteiger partial charge in [0.05, 0.1) is 24.7 Å². The SMILES string of the molecule is CCCC(CO)OC.Cc1ccc(C(N=CN(C)C)=NC=N)[nH]1. The number of methoxy groups -OCH3 is 1.